The minimum atomic E-state index is -0.344. The van der Waals surface area contributed by atoms with Crippen molar-refractivity contribution in [2.45, 2.75) is 56.6 Å². The normalized spacial score (nSPS) is 21.9. The van der Waals surface area contributed by atoms with Crippen LogP contribution in [-0.4, -0.2) is 28.0 Å². The van der Waals surface area contributed by atoms with Gasteiger partial charge in [-0.15, -0.1) is 0 Å². The van der Waals surface area contributed by atoms with Gasteiger partial charge in [0.2, 0.25) is 0 Å². The van der Waals surface area contributed by atoms with Gasteiger partial charge in [-0.1, -0.05) is 42.5 Å². The summed E-state index contributed by atoms with van der Waals surface area (Å²) in [5.41, 5.74) is 0.866. The topological polar surface area (TPSA) is 56.1 Å². The zero-order valence-electron chi connectivity index (χ0n) is 15.1. The lowest BCUT2D eigenvalue weighted by Crippen LogP contribution is -2.45. The molecule has 1 aliphatic heterocycles. The third-order valence-corrected chi connectivity index (χ3v) is 6.22. The summed E-state index contributed by atoms with van der Waals surface area (Å²) in [7, 11) is 0. The van der Waals surface area contributed by atoms with E-state index in [2.05, 4.69) is 10.4 Å². The molecule has 4 rings (SSSR count). The Hall–Kier alpha value is -1.56. The Morgan fingerprint density at radius 1 is 1.15 bits per heavy atom. The standard InChI is InChI=1S/C20H23Cl2N3O2/c21-14-4-6-16(7-5-14)25-19(26)18(22)17(13-23-25)24-15-8-11-27-20(12-15)9-2-1-3-10-20/h4-7,13,15,24H,1-3,8-12H2. The summed E-state index contributed by atoms with van der Waals surface area (Å²) in [5, 5.41) is 8.49. The van der Waals surface area contributed by atoms with Crippen LogP contribution < -0.4 is 10.9 Å². The Kier molecular flexibility index (Phi) is 5.44. The van der Waals surface area contributed by atoms with Crippen molar-refractivity contribution < 1.29 is 4.74 Å². The number of hydrogen-bond donors (Lipinski definition) is 1. The third kappa shape index (κ3) is 4.00. The summed E-state index contributed by atoms with van der Waals surface area (Å²) >= 11 is 12.3. The van der Waals surface area contributed by atoms with Gasteiger partial charge in [0.25, 0.3) is 5.56 Å². The van der Waals surface area contributed by atoms with Crippen molar-refractivity contribution in [2.75, 3.05) is 11.9 Å². The van der Waals surface area contributed by atoms with Crippen molar-refractivity contribution in [3.8, 4) is 5.69 Å². The number of hydrogen-bond acceptors (Lipinski definition) is 4. The second-order valence-corrected chi connectivity index (χ2v) is 8.31. The monoisotopic (exact) mass is 407 g/mol. The summed E-state index contributed by atoms with van der Waals surface area (Å²) < 4.78 is 7.44. The SMILES string of the molecule is O=c1c(Cl)c(NC2CCOC3(CCCCC3)C2)cnn1-c1ccc(Cl)cc1. The maximum absolute atomic E-state index is 12.7. The first-order valence-electron chi connectivity index (χ1n) is 9.51. The van der Waals surface area contributed by atoms with E-state index in [-0.39, 0.29) is 22.2 Å². The zero-order chi connectivity index (χ0) is 18.9. The molecular weight excluding hydrogens is 385 g/mol. The van der Waals surface area contributed by atoms with Gasteiger partial charge in [-0.2, -0.15) is 9.78 Å². The summed E-state index contributed by atoms with van der Waals surface area (Å²) in [6.07, 6.45) is 9.47. The van der Waals surface area contributed by atoms with Crippen molar-refractivity contribution in [2.24, 2.45) is 0 Å². The molecule has 0 radical (unpaired) electrons. The minimum Gasteiger partial charge on any atom is -0.379 e. The van der Waals surface area contributed by atoms with Gasteiger partial charge in [-0.05, 0) is 49.9 Å². The average molecular weight is 408 g/mol. The fraction of sp³-hybridized carbons (Fsp3) is 0.500. The molecule has 1 unspecified atom stereocenters. The van der Waals surface area contributed by atoms with E-state index in [1.807, 2.05) is 0 Å². The average Bonchev–Trinajstić information content (AvgIpc) is 2.67. The minimum absolute atomic E-state index is 0.00758. The molecule has 1 saturated carbocycles. The molecule has 1 atom stereocenters. The quantitative estimate of drug-likeness (QED) is 0.790. The van der Waals surface area contributed by atoms with Crippen molar-refractivity contribution in [3.05, 3.63) is 50.9 Å². The van der Waals surface area contributed by atoms with E-state index in [1.165, 1.54) is 23.9 Å². The van der Waals surface area contributed by atoms with Gasteiger partial charge in [0.1, 0.15) is 5.02 Å². The van der Waals surface area contributed by atoms with E-state index >= 15 is 0 Å². The van der Waals surface area contributed by atoms with E-state index in [4.69, 9.17) is 27.9 Å². The van der Waals surface area contributed by atoms with Crippen molar-refractivity contribution in [1.29, 1.82) is 0 Å². The lowest BCUT2D eigenvalue weighted by Gasteiger charge is -2.43. The Labute approximate surface area is 168 Å². The summed E-state index contributed by atoms with van der Waals surface area (Å²) in [4.78, 5) is 12.7. The number of aromatic nitrogens is 2. The molecule has 2 aromatic rings. The Bertz CT molecular complexity index is 855. The van der Waals surface area contributed by atoms with Gasteiger partial charge in [0, 0.05) is 17.7 Å². The van der Waals surface area contributed by atoms with Gasteiger partial charge in [-0.25, -0.2) is 0 Å². The van der Waals surface area contributed by atoms with Gasteiger partial charge in [0.05, 0.1) is 23.2 Å². The molecule has 144 valence electrons. The molecule has 2 heterocycles. The van der Waals surface area contributed by atoms with Crippen LogP contribution in [0.3, 0.4) is 0 Å². The van der Waals surface area contributed by atoms with Crippen LogP contribution in [0, 0.1) is 0 Å². The van der Waals surface area contributed by atoms with Crippen LogP contribution in [0.2, 0.25) is 10.0 Å². The number of benzene rings is 1. The number of rotatable bonds is 3. The Morgan fingerprint density at radius 3 is 2.63 bits per heavy atom. The second-order valence-electron chi connectivity index (χ2n) is 7.49. The molecule has 27 heavy (non-hydrogen) atoms. The molecule has 7 heteroatoms. The highest BCUT2D eigenvalue weighted by Crippen LogP contribution is 2.39. The van der Waals surface area contributed by atoms with Crippen LogP contribution in [0.1, 0.15) is 44.9 Å². The lowest BCUT2D eigenvalue weighted by molar-refractivity contribution is -0.103. The smallest absolute Gasteiger partial charge is 0.292 e. The highest BCUT2D eigenvalue weighted by Gasteiger charge is 2.38. The van der Waals surface area contributed by atoms with Crippen LogP contribution in [0.15, 0.2) is 35.3 Å². The molecule has 1 aromatic carbocycles. The summed E-state index contributed by atoms with van der Waals surface area (Å²) in [5.74, 6) is 0. The third-order valence-electron chi connectivity index (χ3n) is 5.61. The van der Waals surface area contributed by atoms with Gasteiger partial charge in [-0.3, -0.25) is 4.79 Å². The molecule has 2 fully saturated rings. The summed E-state index contributed by atoms with van der Waals surface area (Å²) in [6, 6.07) is 7.16. The molecular formula is C20H23Cl2N3O2. The molecule has 2 aliphatic rings. The van der Waals surface area contributed by atoms with Crippen LogP contribution in [-0.2, 0) is 4.74 Å². The number of anilines is 1. The van der Waals surface area contributed by atoms with E-state index in [0.29, 0.717) is 16.4 Å². The predicted molar refractivity (Wildman–Crippen MR) is 108 cm³/mol. The molecule has 1 spiro atoms. The number of halogens is 2. The molecule has 5 nitrogen and oxygen atoms in total. The fourth-order valence-electron chi connectivity index (χ4n) is 4.22. The number of nitrogens with one attached hydrogen (secondary N) is 1. The maximum Gasteiger partial charge on any atom is 0.292 e. The first kappa shape index (κ1) is 18.8. The molecule has 1 aliphatic carbocycles. The molecule has 0 amide bonds. The van der Waals surface area contributed by atoms with E-state index in [1.54, 1.807) is 30.5 Å². The van der Waals surface area contributed by atoms with Crippen LogP contribution in [0.25, 0.3) is 5.69 Å². The molecule has 1 aromatic heterocycles. The van der Waals surface area contributed by atoms with Crippen LogP contribution >= 0.6 is 23.2 Å². The molecule has 1 saturated heterocycles. The first-order chi connectivity index (χ1) is 13.1. The van der Waals surface area contributed by atoms with E-state index in [9.17, 15) is 4.79 Å². The van der Waals surface area contributed by atoms with E-state index in [0.717, 1.165) is 32.3 Å². The largest absolute Gasteiger partial charge is 0.379 e. The van der Waals surface area contributed by atoms with Gasteiger partial charge in [0.15, 0.2) is 0 Å². The van der Waals surface area contributed by atoms with Crippen molar-refractivity contribution in [1.82, 2.24) is 9.78 Å². The first-order valence-corrected chi connectivity index (χ1v) is 10.3. The van der Waals surface area contributed by atoms with E-state index < -0.39 is 0 Å². The Balaban J connectivity index is 1.53. The van der Waals surface area contributed by atoms with Gasteiger partial charge >= 0.3 is 0 Å². The second kappa shape index (κ2) is 7.82. The highest BCUT2D eigenvalue weighted by molar-refractivity contribution is 6.33. The molecule has 1 N–H and O–H groups in total. The number of ether oxygens (including phenoxy) is 1. The van der Waals surface area contributed by atoms with Crippen molar-refractivity contribution in [3.63, 3.8) is 0 Å². The molecule has 0 bridgehead atoms. The number of nitrogens with zero attached hydrogens (tertiary/aromatic N) is 2. The fourth-order valence-corrected chi connectivity index (χ4v) is 4.52. The Morgan fingerprint density at radius 2 is 1.89 bits per heavy atom. The van der Waals surface area contributed by atoms with Crippen molar-refractivity contribution >= 4 is 28.9 Å². The van der Waals surface area contributed by atoms with Gasteiger partial charge < -0.3 is 10.1 Å². The lowest BCUT2D eigenvalue weighted by atomic mass is 9.78. The van der Waals surface area contributed by atoms with Crippen LogP contribution in [0.4, 0.5) is 5.69 Å². The summed E-state index contributed by atoms with van der Waals surface area (Å²) in [6.45, 7) is 0.741. The maximum atomic E-state index is 12.7. The van der Waals surface area contributed by atoms with Crippen LogP contribution in [0.5, 0.6) is 0 Å². The zero-order valence-corrected chi connectivity index (χ0v) is 16.6. The predicted octanol–water partition coefficient (Wildman–Crippen LogP) is 4.83. The highest BCUT2D eigenvalue weighted by atomic mass is 35.5.